The number of fused-ring (bicyclic) bond motifs is 4. The fourth-order valence-electron chi connectivity index (χ4n) is 11.2. The van der Waals surface area contributed by atoms with Crippen LogP contribution in [0, 0.1) is 0 Å². The van der Waals surface area contributed by atoms with Crippen LogP contribution in [0.15, 0.2) is 268 Å². The van der Waals surface area contributed by atoms with Gasteiger partial charge in [-0.2, -0.15) is 0 Å². The number of benzene rings is 10. The van der Waals surface area contributed by atoms with Gasteiger partial charge >= 0.3 is 0 Å². The van der Waals surface area contributed by atoms with Gasteiger partial charge in [0.15, 0.2) is 0 Å². The van der Waals surface area contributed by atoms with Gasteiger partial charge in [-0.25, -0.2) is 0 Å². The third-order valence-corrected chi connectivity index (χ3v) is 18.9. The van der Waals surface area contributed by atoms with E-state index in [4.69, 9.17) is 0 Å². The van der Waals surface area contributed by atoms with Gasteiger partial charge in [0.05, 0.1) is 0 Å². The highest BCUT2D eigenvalue weighted by Crippen LogP contribution is 2.74. The lowest BCUT2D eigenvalue weighted by Gasteiger charge is -2.51. The Hall–Kier alpha value is -7.79. The molecule has 0 unspecified atom stereocenters. The van der Waals surface area contributed by atoms with E-state index in [1.54, 1.807) is 0 Å². The van der Waals surface area contributed by atoms with Crippen LogP contribution in [-0.4, -0.2) is 6.71 Å². The van der Waals surface area contributed by atoms with Crippen LogP contribution in [-0.2, 0) is 10.8 Å². The standard InChI is InChI=1S/C68H59BN2S/c1-67(2,3)52-35-31-50(32-36-52)51-45-63-66-65(46-51)72(58-25-15-9-16-26-58,59-27-17-10-18-28-59)64-30-20-19-29-60(64)69(66)61-47-57(70(54-23-13-8-14-24-54)55-41-37-53(38-42-55)68(4,5)6)43-44-62(61)71(63)56-39-33-49(34-40-56)48-21-11-7-12-22-48/h7-47H,1-6H3. The van der Waals surface area contributed by atoms with E-state index in [0.29, 0.717) is 0 Å². The summed E-state index contributed by atoms with van der Waals surface area (Å²) in [7, 11) is -2.08. The van der Waals surface area contributed by atoms with Gasteiger partial charge in [0.25, 0.3) is 0 Å². The van der Waals surface area contributed by atoms with Crippen molar-refractivity contribution in [2.75, 3.05) is 9.80 Å². The van der Waals surface area contributed by atoms with E-state index in [1.807, 2.05) is 0 Å². The summed E-state index contributed by atoms with van der Waals surface area (Å²) in [4.78, 5) is 10.4. The largest absolute Gasteiger partial charge is 0.311 e. The van der Waals surface area contributed by atoms with Crippen molar-refractivity contribution >= 4 is 67.3 Å². The maximum absolute atomic E-state index is 2.59. The minimum Gasteiger partial charge on any atom is -0.311 e. The lowest BCUT2D eigenvalue weighted by molar-refractivity contribution is 0.590. The second-order valence-corrected chi connectivity index (χ2v) is 24.5. The number of para-hydroxylation sites is 1. The van der Waals surface area contributed by atoms with E-state index in [1.165, 1.54) is 80.7 Å². The van der Waals surface area contributed by atoms with Crippen LogP contribution in [0.3, 0.4) is 0 Å². The van der Waals surface area contributed by atoms with Gasteiger partial charge in [-0.05, 0) is 157 Å². The van der Waals surface area contributed by atoms with Crippen molar-refractivity contribution in [2.24, 2.45) is 0 Å². The number of rotatable bonds is 8. The van der Waals surface area contributed by atoms with Gasteiger partial charge in [-0.1, -0.05) is 199 Å². The first-order valence-electron chi connectivity index (χ1n) is 25.4. The number of hydrogen-bond donors (Lipinski definition) is 0. The first-order chi connectivity index (χ1) is 35.0. The van der Waals surface area contributed by atoms with Gasteiger partial charge < -0.3 is 9.80 Å². The maximum atomic E-state index is 2.59. The van der Waals surface area contributed by atoms with Crippen LogP contribution >= 0.6 is 10.0 Å². The molecule has 10 aromatic rings. The number of nitrogens with zero attached hydrogens (tertiary/aromatic N) is 2. The molecule has 350 valence electrons. The lowest BCUT2D eigenvalue weighted by Crippen LogP contribution is -2.61. The molecule has 0 aliphatic carbocycles. The SMILES string of the molecule is CC(C)(C)c1ccc(-c2cc3c4c(c2)S(c2ccccc2)(c2ccccc2)c2ccccc2B4c2cc(N(c4ccccc4)c4ccc(C(C)(C)C)cc4)ccc2N3c2ccc(-c3ccccc3)cc2)cc1. The van der Waals surface area contributed by atoms with Crippen molar-refractivity contribution < 1.29 is 0 Å². The number of hydrogen-bond acceptors (Lipinski definition) is 2. The summed E-state index contributed by atoms with van der Waals surface area (Å²) in [6, 6.07) is 93.9. The normalized spacial score (nSPS) is 13.9. The molecule has 2 aliphatic heterocycles. The fourth-order valence-corrected chi connectivity index (χ4v) is 15.6. The third-order valence-electron chi connectivity index (χ3n) is 14.9. The molecule has 10 aromatic carbocycles. The molecular weight excluding hydrogens is 888 g/mol. The molecule has 0 saturated heterocycles. The summed E-state index contributed by atoms with van der Waals surface area (Å²) in [5, 5.41) is 0. The second kappa shape index (κ2) is 17.8. The van der Waals surface area contributed by atoms with Crippen LogP contribution in [0.1, 0.15) is 52.7 Å². The van der Waals surface area contributed by atoms with Crippen molar-refractivity contribution in [1.29, 1.82) is 0 Å². The molecule has 2 heterocycles. The Bertz CT molecular complexity index is 3520. The fraction of sp³-hybridized carbons (Fsp3) is 0.118. The maximum Gasteiger partial charge on any atom is 0.249 e. The molecule has 0 fully saturated rings. The predicted molar refractivity (Wildman–Crippen MR) is 309 cm³/mol. The second-order valence-electron chi connectivity index (χ2n) is 21.4. The van der Waals surface area contributed by atoms with Crippen molar-refractivity contribution in [3.05, 3.63) is 260 Å². The first kappa shape index (κ1) is 45.4. The highest BCUT2D eigenvalue weighted by molar-refractivity contribution is 8.34. The quantitative estimate of drug-likeness (QED) is 0.140. The molecule has 12 rings (SSSR count). The molecule has 0 atom stereocenters. The van der Waals surface area contributed by atoms with Crippen LogP contribution in [0.5, 0.6) is 0 Å². The highest BCUT2D eigenvalue weighted by atomic mass is 32.3. The summed E-state index contributed by atoms with van der Waals surface area (Å²) >= 11 is 0. The molecule has 0 aromatic heterocycles. The van der Waals surface area contributed by atoms with Crippen molar-refractivity contribution in [3.63, 3.8) is 0 Å². The molecule has 2 nitrogen and oxygen atoms in total. The molecule has 0 saturated carbocycles. The predicted octanol–water partition coefficient (Wildman–Crippen LogP) is 17.0. The van der Waals surface area contributed by atoms with Gasteiger partial charge in [0, 0.05) is 48.8 Å². The van der Waals surface area contributed by atoms with E-state index >= 15 is 0 Å². The van der Waals surface area contributed by atoms with Crippen LogP contribution in [0.25, 0.3) is 22.3 Å². The minimum atomic E-state index is -2.08. The monoisotopic (exact) mass is 946 g/mol. The van der Waals surface area contributed by atoms with Gasteiger partial charge in [0.2, 0.25) is 6.71 Å². The minimum absolute atomic E-state index is 0.0362. The summed E-state index contributed by atoms with van der Waals surface area (Å²) in [5.41, 5.74) is 18.4. The zero-order valence-corrected chi connectivity index (χ0v) is 42.9. The van der Waals surface area contributed by atoms with E-state index in [-0.39, 0.29) is 17.5 Å². The Labute approximate surface area is 428 Å². The number of anilines is 6. The highest BCUT2D eigenvalue weighted by Gasteiger charge is 2.49. The molecule has 2 aliphatic rings. The van der Waals surface area contributed by atoms with Crippen LogP contribution in [0.4, 0.5) is 34.1 Å². The molecule has 0 N–H and O–H groups in total. The Morgan fingerprint density at radius 3 is 1.43 bits per heavy atom. The molecule has 4 heteroatoms. The molecular formula is C68H59BN2S. The zero-order valence-electron chi connectivity index (χ0n) is 42.1. The van der Waals surface area contributed by atoms with Crippen molar-refractivity contribution in [3.8, 4) is 22.3 Å². The summed E-state index contributed by atoms with van der Waals surface area (Å²) in [6.45, 7) is 13.7. The van der Waals surface area contributed by atoms with Crippen LogP contribution in [0.2, 0.25) is 0 Å². The Kier molecular flexibility index (Phi) is 11.2. The van der Waals surface area contributed by atoms with E-state index in [0.717, 1.165) is 22.7 Å². The Balaban J connectivity index is 1.18. The smallest absolute Gasteiger partial charge is 0.249 e. The Morgan fingerprint density at radius 2 is 0.833 bits per heavy atom. The average Bonchev–Trinajstić information content (AvgIpc) is 3.42. The molecule has 0 bridgehead atoms. The summed E-state index contributed by atoms with van der Waals surface area (Å²) in [5.74, 6) is 0. The Morgan fingerprint density at radius 1 is 0.361 bits per heavy atom. The molecule has 0 radical (unpaired) electrons. The summed E-state index contributed by atoms with van der Waals surface area (Å²) in [6.07, 6.45) is 0. The van der Waals surface area contributed by atoms with E-state index in [9.17, 15) is 0 Å². The van der Waals surface area contributed by atoms with Crippen molar-refractivity contribution in [1.82, 2.24) is 0 Å². The zero-order chi connectivity index (χ0) is 49.2. The first-order valence-corrected chi connectivity index (χ1v) is 27.0. The van der Waals surface area contributed by atoms with Crippen molar-refractivity contribution in [2.45, 2.75) is 72.0 Å². The molecule has 72 heavy (non-hydrogen) atoms. The van der Waals surface area contributed by atoms with E-state index in [2.05, 4.69) is 300 Å². The molecule has 0 amide bonds. The van der Waals surface area contributed by atoms with Gasteiger partial charge in [-0.3, -0.25) is 0 Å². The van der Waals surface area contributed by atoms with Crippen LogP contribution < -0.4 is 26.2 Å². The lowest BCUT2D eigenvalue weighted by atomic mass is 9.34. The molecule has 0 spiro atoms. The van der Waals surface area contributed by atoms with Gasteiger partial charge in [0.1, 0.15) is 0 Å². The van der Waals surface area contributed by atoms with E-state index < -0.39 is 10.0 Å². The topological polar surface area (TPSA) is 6.48 Å². The van der Waals surface area contributed by atoms with Gasteiger partial charge in [-0.15, -0.1) is 10.0 Å². The third kappa shape index (κ3) is 7.68. The average molecular weight is 947 g/mol. The summed E-state index contributed by atoms with van der Waals surface area (Å²) < 4.78 is 0.